The number of carbonyl (C=O) groups is 3. The second-order valence-electron chi connectivity index (χ2n) is 10.5. The molecule has 1 aliphatic rings. The number of alkyl halides is 2. The number of hydrogen-bond acceptors (Lipinski definition) is 4. The first-order valence-electron chi connectivity index (χ1n) is 12.4. The monoisotopic (exact) mass is 529 g/mol. The zero-order valence-electron chi connectivity index (χ0n) is 22.3. The van der Waals surface area contributed by atoms with Gasteiger partial charge >= 0.3 is 11.9 Å². The predicted molar refractivity (Wildman–Crippen MR) is 142 cm³/mol. The van der Waals surface area contributed by atoms with E-state index in [0.29, 0.717) is 26.4 Å². The van der Waals surface area contributed by atoms with Crippen LogP contribution in [-0.2, 0) is 33.9 Å². The Kier molecular flexibility index (Phi) is 10.7. The van der Waals surface area contributed by atoms with Gasteiger partial charge in [0.25, 0.3) is 0 Å². The van der Waals surface area contributed by atoms with Crippen LogP contribution in [0.15, 0.2) is 66.7 Å². The van der Waals surface area contributed by atoms with E-state index in [4.69, 9.17) is 10.8 Å². The highest BCUT2D eigenvalue weighted by Gasteiger charge is 2.31. The third kappa shape index (κ3) is 9.70. The predicted octanol–water partition coefficient (Wildman–Crippen LogP) is 4.30. The highest BCUT2D eigenvalue weighted by atomic mass is 19.3. The van der Waals surface area contributed by atoms with Gasteiger partial charge in [0.2, 0.25) is 11.8 Å². The number of benzene rings is 2. The molecule has 9 heteroatoms. The molecule has 0 saturated heterocycles. The fourth-order valence-electron chi connectivity index (χ4n) is 3.64. The molecule has 0 aromatic heterocycles. The van der Waals surface area contributed by atoms with Crippen molar-refractivity contribution in [3.8, 4) is 0 Å². The molecular formula is C29H37F2N3O4. The third-order valence-corrected chi connectivity index (χ3v) is 6.13. The summed E-state index contributed by atoms with van der Waals surface area (Å²) >= 11 is 0. The summed E-state index contributed by atoms with van der Waals surface area (Å²) in [4.78, 5) is 36.6. The van der Waals surface area contributed by atoms with Gasteiger partial charge in [0.15, 0.2) is 0 Å². The lowest BCUT2D eigenvalue weighted by Gasteiger charge is -2.27. The van der Waals surface area contributed by atoms with E-state index >= 15 is 0 Å². The maximum atomic E-state index is 12.8. The summed E-state index contributed by atoms with van der Waals surface area (Å²) < 4.78 is 22.5. The summed E-state index contributed by atoms with van der Waals surface area (Å²) in [6, 6.07) is 17.3. The van der Waals surface area contributed by atoms with Gasteiger partial charge in [-0.25, -0.2) is 4.79 Å². The van der Waals surface area contributed by atoms with Crippen molar-refractivity contribution in [3.05, 3.63) is 83.4 Å². The van der Waals surface area contributed by atoms with Gasteiger partial charge < -0.3 is 21.1 Å². The van der Waals surface area contributed by atoms with Gasteiger partial charge in [-0.05, 0) is 34.9 Å². The van der Waals surface area contributed by atoms with Crippen LogP contribution in [0.4, 0.5) is 8.78 Å². The fraction of sp³-hybridized carbons (Fsp3) is 0.414. The molecule has 0 fully saturated rings. The number of nitrogens with zero attached hydrogens (tertiary/aromatic N) is 1. The van der Waals surface area contributed by atoms with E-state index < -0.39 is 17.9 Å². The minimum absolute atomic E-state index is 0.0460. The Balaban J connectivity index is 0.000000638. The van der Waals surface area contributed by atoms with E-state index in [9.17, 15) is 23.2 Å². The molecule has 206 valence electrons. The smallest absolute Gasteiger partial charge is 0.374 e. The van der Waals surface area contributed by atoms with Crippen LogP contribution in [0.25, 0.3) is 0 Å². The first-order chi connectivity index (χ1) is 17.7. The lowest BCUT2D eigenvalue weighted by atomic mass is 9.86. The summed E-state index contributed by atoms with van der Waals surface area (Å²) in [7, 11) is 0. The van der Waals surface area contributed by atoms with Crippen molar-refractivity contribution < 1.29 is 28.3 Å². The summed E-state index contributed by atoms with van der Waals surface area (Å²) in [6.45, 7) is 7.40. The van der Waals surface area contributed by atoms with Crippen molar-refractivity contribution in [1.82, 2.24) is 10.2 Å². The number of aliphatic carboxylic acids is 1. The molecule has 0 aliphatic carbocycles. The van der Waals surface area contributed by atoms with Gasteiger partial charge in [0, 0.05) is 32.1 Å². The van der Waals surface area contributed by atoms with Crippen molar-refractivity contribution in [2.45, 2.75) is 71.6 Å². The average Bonchev–Trinajstić information content (AvgIpc) is 3.29. The van der Waals surface area contributed by atoms with Crippen LogP contribution < -0.4 is 11.1 Å². The van der Waals surface area contributed by atoms with Crippen LogP contribution >= 0.6 is 0 Å². The Hall–Kier alpha value is -3.59. The molecule has 0 spiro atoms. The molecule has 0 radical (unpaired) electrons. The molecule has 1 unspecified atom stereocenters. The maximum absolute atomic E-state index is 12.8. The SMILES string of the molecule is CC(C)(C)C(N)C(=O)N[C@H](/C=C/C(=O)N1Cc2ccccc2C1)CCc1ccccc1.CC(F)(F)C(=O)O. The molecule has 38 heavy (non-hydrogen) atoms. The number of nitrogens with one attached hydrogen (secondary N) is 1. The molecule has 0 saturated carbocycles. The average molecular weight is 530 g/mol. The van der Waals surface area contributed by atoms with Crippen LogP contribution in [0, 0.1) is 5.41 Å². The Morgan fingerprint density at radius 1 is 1.00 bits per heavy atom. The van der Waals surface area contributed by atoms with E-state index in [1.54, 1.807) is 6.08 Å². The van der Waals surface area contributed by atoms with Crippen molar-refractivity contribution in [2.75, 3.05) is 0 Å². The van der Waals surface area contributed by atoms with E-state index in [0.717, 1.165) is 6.42 Å². The number of nitrogens with two attached hydrogens (primary N) is 1. The van der Waals surface area contributed by atoms with Crippen LogP contribution in [0.5, 0.6) is 0 Å². The molecule has 2 aromatic carbocycles. The number of halogens is 2. The number of rotatable bonds is 8. The Morgan fingerprint density at radius 2 is 1.50 bits per heavy atom. The van der Waals surface area contributed by atoms with Gasteiger partial charge in [-0.2, -0.15) is 8.78 Å². The lowest BCUT2D eigenvalue weighted by molar-refractivity contribution is -0.161. The molecule has 2 aromatic rings. The van der Waals surface area contributed by atoms with Crippen molar-refractivity contribution >= 4 is 17.8 Å². The highest BCUT2D eigenvalue weighted by Crippen LogP contribution is 2.22. The summed E-state index contributed by atoms with van der Waals surface area (Å²) in [5.41, 5.74) is 9.37. The summed E-state index contributed by atoms with van der Waals surface area (Å²) in [6.07, 6.45) is 4.88. The number of aryl methyl sites for hydroxylation is 1. The lowest BCUT2D eigenvalue weighted by Crippen LogP contribution is -2.51. The molecule has 3 rings (SSSR count). The molecule has 1 heterocycles. The first-order valence-corrected chi connectivity index (χ1v) is 12.4. The number of hydrogen-bond donors (Lipinski definition) is 3. The standard InChI is InChI=1S/C26H33N3O2.C3H4F2O2/c1-26(2,3)24(27)25(31)28-22(14-13-19-9-5-4-6-10-19)15-16-23(30)29-17-20-11-7-8-12-21(20)18-29;1-3(4,5)2(6)7/h4-12,15-16,22,24H,13-14,17-18,27H2,1-3H3,(H,28,31);1H3,(H,6,7)/b16-15+;/t22-,24?;/m0./s1. The van der Waals surface area contributed by atoms with Gasteiger partial charge in [0.1, 0.15) is 0 Å². The molecule has 2 amide bonds. The Bertz CT molecular complexity index is 1100. The zero-order chi connectivity index (χ0) is 28.5. The molecule has 2 atom stereocenters. The number of carboxylic acids is 1. The minimum atomic E-state index is -3.58. The van der Waals surface area contributed by atoms with Crippen LogP contribution in [0.1, 0.15) is 50.8 Å². The fourth-order valence-corrected chi connectivity index (χ4v) is 3.64. The minimum Gasteiger partial charge on any atom is -0.477 e. The molecule has 7 nitrogen and oxygen atoms in total. The summed E-state index contributed by atoms with van der Waals surface area (Å²) in [5.74, 6) is -5.92. The van der Waals surface area contributed by atoms with E-state index in [1.807, 2.05) is 62.1 Å². The van der Waals surface area contributed by atoms with Gasteiger partial charge in [0.05, 0.1) is 6.04 Å². The maximum Gasteiger partial charge on any atom is 0.374 e. The van der Waals surface area contributed by atoms with Gasteiger partial charge in [-0.3, -0.25) is 9.59 Å². The molecule has 1 aliphatic heterocycles. The Morgan fingerprint density at radius 3 is 1.97 bits per heavy atom. The quantitative estimate of drug-likeness (QED) is 0.442. The number of carboxylic acid groups (broad SMARTS) is 1. The topological polar surface area (TPSA) is 113 Å². The zero-order valence-corrected chi connectivity index (χ0v) is 22.3. The van der Waals surface area contributed by atoms with Crippen molar-refractivity contribution in [2.24, 2.45) is 11.1 Å². The van der Waals surface area contributed by atoms with Crippen LogP contribution in [0.2, 0.25) is 0 Å². The molecular weight excluding hydrogens is 492 g/mol. The second-order valence-corrected chi connectivity index (χ2v) is 10.5. The van der Waals surface area contributed by atoms with Gasteiger partial charge in [-0.15, -0.1) is 0 Å². The van der Waals surface area contributed by atoms with Crippen LogP contribution in [0.3, 0.4) is 0 Å². The van der Waals surface area contributed by atoms with Crippen molar-refractivity contribution in [1.29, 1.82) is 0 Å². The van der Waals surface area contributed by atoms with E-state index in [1.165, 1.54) is 16.7 Å². The third-order valence-electron chi connectivity index (χ3n) is 6.13. The first kappa shape index (κ1) is 30.6. The number of amides is 2. The highest BCUT2D eigenvalue weighted by molar-refractivity contribution is 5.88. The molecule has 4 N–H and O–H groups in total. The van der Waals surface area contributed by atoms with Crippen LogP contribution in [-0.4, -0.2) is 45.8 Å². The normalized spacial score (nSPS) is 14.8. The van der Waals surface area contributed by atoms with Crippen molar-refractivity contribution in [3.63, 3.8) is 0 Å². The Labute approximate surface area is 222 Å². The second kappa shape index (κ2) is 13.3. The van der Waals surface area contributed by atoms with E-state index in [2.05, 4.69) is 29.6 Å². The molecule has 0 bridgehead atoms. The summed E-state index contributed by atoms with van der Waals surface area (Å²) in [5, 5.41) is 10.5. The largest absolute Gasteiger partial charge is 0.477 e. The number of carbonyl (C=O) groups excluding carboxylic acids is 2. The van der Waals surface area contributed by atoms with Gasteiger partial charge in [-0.1, -0.05) is 81.4 Å². The number of fused-ring (bicyclic) bond motifs is 1. The van der Waals surface area contributed by atoms with E-state index in [-0.39, 0.29) is 23.3 Å².